The molecule has 2 amide bonds. The maximum Gasteiger partial charge on any atom is 0.319 e. The van der Waals surface area contributed by atoms with Gasteiger partial charge in [0, 0.05) is 30.6 Å². The van der Waals surface area contributed by atoms with E-state index in [4.69, 9.17) is 9.26 Å². The molecule has 1 aliphatic heterocycles. The first-order valence-corrected chi connectivity index (χ1v) is 9.64. The van der Waals surface area contributed by atoms with Gasteiger partial charge < -0.3 is 24.5 Å². The van der Waals surface area contributed by atoms with Crippen LogP contribution in [0.3, 0.4) is 0 Å². The van der Waals surface area contributed by atoms with Gasteiger partial charge in [-0.2, -0.15) is 0 Å². The molecular formula is C20H25N5O3. The highest BCUT2D eigenvalue weighted by Gasteiger charge is 2.30. The summed E-state index contributed by atoms with van der Waals surface area (Å²) in [7, 11) is 0. The van der Waals surface area contributed by atoms with E-state index in [1.54, 1.807) is 0 Å². The largest absolute Gasteiger partial charge is 0.379 e. The second-order valence-electron chi connectivity index (χ2n) is 7.28. The quantitative estimate of drug-likeness (QED) is 0.682. The Morgan fingerprint density at radius 1 is 1.32 bits per heavy atom. The molecule has 8 heteroatoms. The van der Waals surface area contributed by atoms with E-state index in [1.165, 1.54) is 0 Å². The molecule has 4 rings (SSSR count). The normalized spacial score (nSPS) is 19.2. The van der Waals surface area contributed by atoms with Crippen LogP contribution in [0.2, 0.25) is 0 Å². The number of aromatic nitrogens is 3. The van der Waals surface area contributed by atoms with Gasteiger partial charge in [-0.15, -0.1) is 0 Å². The van der Waals surface area contributed by atoms with E-state index < -0.39 is 0 Å². The van der Waals surface area contributed by atoms with Gasteiger partial charge in [0.15, 0.2) is 0 Å². The number of anilines is 1. The first kappa shape index (κ1) is 18.5. The third-order valence-electron chi connectivity index (χ3n) is 5.00. The molecule has 2 aromatic heterocycles. The van der Waals surface area contributed by atoms with Gasteiger partial charge in [-0.05, 0) is 31.5 Å². The predicted molar refractivity (Wildman–Crippen MR) is 105 cm³/mol. The van der Waals surface area contributed by atoms with Crippen LogP contribution in [0.15, 0.2) is 35.1 Å². The van der Waals surface area contributed by atoms with Gasteiger partial charge in [0.05, 0.1) is 42.3 Å². The minimum absolute atomic E-state index is 0.0714. The van der Waals surface area contributed by atoms with Crippen molar-refractivity contribution in [3.8, 4) is 0 Å². The van der Waals surface area contributed by atoms with Crippen molar-refractivity contribution in [2.45, 2.75) is 39.3 Å². The summed E-state index contributed by atoms with van der Waals surface area (Å²) < 4.78 is 13.0. The summed E-state index contributed by atoms with van der Waals surface area (Å²) in [4.78, 5) is 16.9. The SMILES string of the molecule is CCCn1cnc2cc(NC(=O)N[C@H]3COC[C@H]3Cc3cc(C)no3)ccc21. The third-order valence-corrected chi connectivity index (χ3v) is 5.00. The fraction of sp³-hybridized carbons (Fsp3) is 0.450. The van der Waals surface area contributed by atoms with E-state index >= 15 is 0 Å². The predicted octanol–water partition coefficient (Wildman–Crippen LogP) is 3.12. The Morgan fingerprint density at radius 3 is 3.00 bits per heavy atom. The number of aryl methyl sites for hydroxylation is 2. The minimum atomic E-state index is -0.249. The Labute approximate surface area is 163 Å². The van der Waals surface area contributed by atoms with Gasteiger partial charge in [0.1, 0.15) is 5.76 Å². The van der Waals surface area contributed by atoms with E-state index in [1.807, 2.05) is 37.5 Å². The fourth-order valence-electron chi connectivity index (χ4n) is 3.63. The lowest BCUT2D eigenvalue weighted by atomic mass is 9.98. The van der Waals surface area contributed by atoms with Gasteiger partial charge in [-0.25, -0.2) is 9.78 Å². The molecule has 1 aromatic carbocycles. The molecule has 3 heterocycles. The molecule has 1 saturated heterocycles. The Morgan fingerprint density at radius 2 is 2.21 bits per heavy atom. The van der Waals surface area contributed by atoms with Crippen LogP contribution in [-0.2, 0) is 17.7 Å². The fourth-order valence-corrected chi connectivity index (χ4v) is 3.63. The van der Waals surface area contributed by atoms with Crippen molar-refractivity contribution in [3.63, 3.8) is 0 Å². The Bertz CT molecular complexity index is 964. The lowest BCUT2D eigenvalue weighted by molar-refractivity contribution is 0.181. The van der Waals surface area contributed by atoms with E-state index in [9.17, 15) is 4.79 Å². The molecule has 28 heavy (non-hydrogen) atoms. The molecule has 8 nitrogen and oxygen atoms in total. The average molecular weight is 383 g/mol. The van der Waals surface area contributed by atoms with Crippen LogP contribution in [0.25, 0.3) is 11.0 Å². The number of hydrogen-bond donors (Lipinski definition) is 2. The number of amides is 2. The molecule has 0 bridgehead atoms. The first-order chi connectivity index (χ1) is 13.6. The summed E-state index contributed by atoms with van der Waals surface area (Å²) in [6.07, 6.45) is 3.57. The number of imidazole rings is 1. The Hall–Kier alpha value is -2.87. The van der Waals surface area contributed by atoms with Crippen molar-refractivity contribution in [1.82, 2.24) is 20.0 Å². The number of rotatable bonds is 6. The zero-order valence-electron chi connectivity index (χ0n) is 16.1. The summed E-state index contributed by atoms with van der Waals surface area (Å²) >= 11 is 0. The van der Waals surface area contributed by atoms with Crippen LogP contribution in [-0.4, -0.2) is 40.0 Å². The Balaban J connectivity index is 1.37. The smallest absolute Gasteiger partial charge is 0.319 e. The molecule has 0 saturated carbocycles. The number of nitrogens with zero attached hydrogens (tertiary/aromatic N) is 3. The lowest BCUT2D eigenvalue weighted by Crippen LogP contribution is -2.42. The zero-order chi connectivity index (χ0) is 19.5. The van der Waals surface area contributed by atoms with E-state index in [0.717, 1.165) is 35.5 Å². The van der Waals surface area contributed by atoms with Gasteiger partial charge >= 0.3 is 6.03 Å². The van der Waals surface area contributed by atoms with Crippen LogP contribution < -0.4 is 10.6 Å². The molecule has 2 N–H and O–H groups in total. The molecule has 2 atom stereocenters. The molecular weight excluding hydrogens is 358 g/mol. The van der Waals surface area contributed by atoms with Crippen molar-refractivity contribution in [1.29, 1.82) is 0 Å². The van der Waals surface area contributed by atoms with Crippen LogP contribution in [0.1, 0.15) is 24.8 Å². The van der Waals surface area contributed by atoms with Crippen LogP contribution >= 0.6 is 0 Å². The van der Waals surface area contributed by atoms with Gasteiger partial charge in [0.25, 0.3) is 0 Å². The standard InChI is InChI=1S/C20H25N5O3/c1-3-6-25-12-21-17-9-15(4-5-19(17)25)22-20(26)23-18-11-27-10-14(18)8-16-7-13(2)24-28-16/h4-5,7,9,12,14,18H,3,6,8,10-11H2,1-2H3,(H2,22,23,26)/t14-,18+/m1/s1. The van der Waals surface area contributed by atoms with E-state index in [0.29, 0.717) is 25.3 Å². The van der Waals surface area contributed by atoms with Crippen LogP contribution in [0.5, 0.6) is 0 Å². The van der Waals surface area contributed by atoms with Gasteiger partial charge in [-0.1, -0.05) is 12.1 Å². The number of carbonyl (C=O) groups excluding carboxylic acids is 1. The van der Waals surface area contributed by atoms with Crippen molar-refractivity contribution in [2.24, 2.45) is 5.92 Å². The molecule has 3 aromatic rings. The molecule has 0 radical (unpaired) electrons. The van der Waals surface area contributed by atoms with Crippen molar-refractivity contribution < 1.29 is 14.1 Å². The molecule has 0 aliphatic carbocycles. The second-order valence-corrected chi connectivity index (χ2v) is 7.28. The molecule has 1 aliphatic rings. The number of fused-ring (bicyclic) bond motifs is 1. The van der Waals surface area contributed by atoms with Crippen molar-refractivity contribution >= 4 is 22.8 Å². The Kier molecular flexibility index (Phi) is 5.29. The summed E-state index contributed by atoms with van der Waals surface area (Å²) in [5.41, 5.74) is 3.51. The topological polar surface area (TPSA) is 94.2 Å². The summed E-state index contributed by atoms with van der Waals surface area (Å²) in [6.45, 7) is 6.04. The third kappa shape index (κ3) is 4.01. The minimum Gasteiger partial charge on any atom is -0.379 e. The summed E-state index contributed by atoms with van der Waals surface area (Å²) in [5.74, 6) is 0.971. The number of urea groups is 1. The number of carbonyl (C=O) groups is 1. The van der Waals surface area contributed by atoms with Crippen LogP contribution in [0.4, 0.5) is 10.5 Å². The van der Waals surface area contributed by atoms with E-state index in [-0.39, 0.29) is 18.0 Å². The maximum atomic E-state index is 12.5. The highest BCUT2D eigenvalue weighted by molar-refractivity contribution is 5.92. The molecule has 0 spiro atoms. The highest BCUT2D eigenvalue weighted by Crippen LogP contribution is 2.21. The zero-order valence-corrected chi connectivity index (χ0v) is 16.1. The van der Waals surface area contributed by atoms with Crippen LogP contribution in [0, 0.1) is 12.8 Å². The van der Waals surface area contributed by atoms with E-state index in [2.05, 4.69) is 32.3 Å². The summed E-state index contributed by atoms with van der Waals surface area (Å²) in [6, 6.07) is 7.37. The number of benzene rings is 1. The maximum absolute atomic E-state index is 12.5. The number of hydrogen-bond acceptors (Lipinski definition) is 5. The van der Waals surface area contributed by atoms with Gasteiger partial charge in [0.2, 0.25) is 0 Å². The average Bonchev–Trinajstić information content (AvgIpc) is 3.37. The second kappa shape index (κ2) is 8.02. The summed E-state index contributed by atoms with van der Waals surface area (Å²) in [5, 5.41) is 9.83. The molecule has 1 fully saturated rings. The monoisotopic (exact) mass is 383 g/mol. The van der Waals surface area contributed by atoms with Crippen molar-refractivity contribution in [2.75, 3.05) is 18.5 Å². The molecule has 0 unspecified atom stereocenters. The van der Waals surface area contributed by atoms with Gasteiger partial charge in [-0.3, -0.25) is 0 Å². The van der Waals surface area contributed by atoms with Crippen molar-refractivity contribution in [3.05, 3.63) is 42.0 Å². The number of ether oxygens (including phenoxy) is 1. The lowest BCUT2D eigenvalue weighted by Gasteiger charge is -2.18. The number of nitrogens with one attached hydrogen (secondary N) is 2. The highest BCUT2D eigenvalue weighted by atomic mass is 16.5. The molecule has 148 valence electrons. The first-order valence-electron chi connectivity index (χ1n) is 9.64.